The number of hydrogen-bond acceptors (Lipinski definition) is 15. The third-order valence-electron chi connectivity index (χ3n) is 6.45. The molecule has 20 heteroatoms. The number of thiol groups is 1. The predicted octanol–water partition coefficient (Wildman–Crippen LogP) is 0.238. The largest absolute Gasteiger partial charge is 0.387 e. The fourth-order valence-electron chi connectivity index (χ4n) is 4.62. The summed E-state index contributed by atoms with van der Waals surface area (Å²) in [5.74, 6) is 0.160. The molecule has 17 nitrogen and oxygen atoms in total. The Kier molecular flexibility index (Phi) is 7.85. The normalized spacial score (nSPS) is 42.1. The van der Waals surface area contributed by atoms with E-state index < -0.39 is 70.2 Å². The summed E-state index contributed by atoms with van der Waals surface area (Å²) >= 11 is 4.11. The zero-order valence-electron chi connectivity index (χ0n) is 20.1. The molecule has 3 fully saturated rings. The van der Waals surface area contributed by atoms with E-state index in [0.29, 0.717) is 11.2 Å². The maximum absolute atomic E-state index is 13.3. The number of fused-ring (bicyclic) bond motifs is 4. The van der Waals surface area contributed by atoms with Gasteiger partial charge in [-0.3, -0.25) is 28.1 Å². The van der Waals surface area contributed by atoms with E-state index in [9.17, 15) is 14.2 Å². The zero-order valence-corrected chi connectivity index (χ0v) is 22.9. The molecule has 1 unspecified atom stereocenters. The van der Waals surface area contributed by atoms with Gasteiger partial charge in [0.15, 0.2) is 23.9 Å². The van der Waals surface area contributed by atoms with Gasteiger partial charge in [0.2, 0.25) is 0 Å². The Balaban J connectivity index is 1.48. The Morgan fingerprint density at radius 3 is 2.97 bits per heavy atom. The van der Waals surface area contributed by atoms with Crippen LogP contribution < -0.4 is 11.1 Å². The average molecular weight is 595 g/mol. The number of nitrogens with zero attached hydrogens (tertiary/aromatic N) is 4. The molecule has 2 aromatic heterocycles. The number of rotatable bonds is 4. The van der Waals surface area contributed by atoms with Crippen molar-refractivity contribution < 1.29 is 46.5 Å². The first-order chi connectivity index (χ1) is 18.1. The number of hydrogen-bond donors (Lipinski definition) is 5. The average Bonchev–Trinajstić information content (AvgIpc) is 3.51. The molecule has 0 amide bonds. The number of aliphatic hydroxyl groups excluding tert-OH is 1. The number of anilines is 1. The molecule has 10 atom stereocenters. The van der Waals surface area contributed by atoms with Gasteiger partial charge in [-0.05, 0) is 6.92 Å². The summed E-state index contributed by atoms with van der Waals surface area (Å²) in [6.07, 6.45) is -4.14. The molecule has 5 rings (SSSR count). The number of ether oxygens (including phenoxy) is 3. The topological polar surface area (TPSA) is 224 Å². The van der Waals surface area contributed by atoms with Crippen LogP contribution in [-0.4, -0.2) is 93.6 Å². The Labute approximate surface area is 221 Å². The molecule has 3 aliphatic heterocycles. The highest BCUT2D eigenvalue weighted by molar-refractivity contribution is 8.44. The second-order valence-electron chi connectivity index (χ2n) is 8.91. The number of nitrogen functional groups attached to an aromatic ring is 1. The molecule has 5 heterocycles. The van der Waals surface area contributed by atoms with E-state index in [1.807, 2.05) is 0 Å². The Morgan fingerprint density at radius 1 is 1.45 bits per heavy atom. The molecule has 0 spiro atoms. The minimum atomic E-state index is -4.14. The first kappa shape index (κ1) is 27.9. The Hall–Kier alpha value is -1.69. The van der Waals surface area contributed by atoms with Crippen molar-refractivity contribution >= 4 is 50.6 Å². The van der Waals surface area contributed by atoms with Crippen LogP contribution in [0.25, 0.3) is 11.2 Å². The van der Waals surface area contributed by atoms with Gasteiger partial charge >= 0.3 is 15.1 Å². The quantitative estimate of drug-likeness (QED) is 0.138. The highest BCUT2D eigenvalue weighted by Crippen LogP contribution is 2.58. The summed E-state index contributed by atoms with van der Waals surface area (Å²) in [6.45, 7) is -3.36. The van der Waals surface area contributed by atoms with Gasteiger partial charge in [0.05, 0.1) is 25.9 Å². The first-order valence-electron chi connectivity index (χ1n) is 11.3. The van der Waals surface area contributed by atoms with Crippen LogP contribution in [0, 0.1) is 5.41 Å². The molecule has 0 saturated carbocycles. The second kappa shape index (κ2) is 10.7. The lowest BCUT2D eigenvalue weighted by Crippen LogP contribution is -2.46. The van der Waals surface area contributed by atoms with E-state index in [1.54, 1.807) is 11.5 Å². The van der Waals surface area contributed by atoms with Crippen LogP contribution in [0.1, 0.15) is 13.2 Å². The Morgan fingerprint density at radius 2 is 2.24 bits per heavy atom. The molecule has 210 valence electrons. The SMILES string of the molecule is CO[C@H]1[C@H](n2cnc3c(N)ncnc32)O[C@]2(C)CO[PH](=O)O[C@@H]3[C@H](O)[C@@H](CO[P@](=O)(S)O[C@@H]12)O[C@H]3NC=N. The lowest BCUT2D eigenvalue weighted by molar-refractivity contribution is -0.110. The molecule has 0 aromatic carbocycles. The van der Waals surface area contributed by atoms with Crippen molar-refractivity contribution in [2.24, 2.45) is 0 Å². The van der Waals surface area contributed by atoms with Crippen molar-refractivity contribution in [3.8, 4) is 0 Å². The zero-order chi connectivity index (χ0) is 27.2. The molecule has 38 heavy (non-hydrogen) atoms. The summed E-state index contributed by atoms with van der Waals surface area (Å²) in [5, 5.41) is 20.4. The lowest BCUT2D eigenvalue weighted by Gasteiger charge is -2.32. The number of methoxy groups -OCH3 is 1. The van der Waals surface area contributed by atoms with Crippen molar-refractivity contribution in [3.63, 3.8) is 0 Å². The smallest absolute Gasteiger partial charge is 0.386 e. The van der Waals surface area contributed by atoms with Gasteiger partial charge in [-0.2, -0.15) is 0 Å². The third-order valence-corrected chi connectivity index (χ3v) is 8.89. The fourth-order valence-corrected chi connectivity index (χ4v) is 7.11. The summed E-state index contributed by atoms with van der Waals surface area (Å²) in [7, 11) is -1.85. The highest BCUT2D eigenvalue weighted by atomic mass is 32.7. The highest BCUT2D eigenvalue weighted by Gasteiger charge is 2.58. The van der Waals surface area contributed by atoms with Crippen molar-refractivity contribution in [1.82, 2.24) is 24.8 Å². The van der Waals surface area contributed by atoms with Crippen LogP contribution in [0.5, 0.6) is 0 Å². The number of imidazole rings is 1. The summed E-state index contributed by atoms with van der Waals surface area (Å²) in [4.78, 5) is 12.4. The van der Waals surface area contributed by atoms with E-state index in [4.69, 9.17) is 43.4 Å². The van der Waals surface area contributed by atoms with Crippen LogP contribution in [0.4, 0.5) is 5.82 Å². The first-order valence-corrected chi connectivity index (χ1v) is 15.2. The summed E-state index contributed by atoms with van der Waals surface area (Å²) in [6, 6.07) is 0. The van der Waals surface area contributed by atoms with Crippen LogP contribution in [0.2, 0.25) is 0 Å². The van der Waals surface area contributed by atoms with Gasteiger partial charge < -0.3 is 34.9 Å². The number of aliphatic hydroxyl groups is 1. The standard InChI is InChI=1S/C18H27N7O10P2S/c1-18-4-30-36(27)34-11-10(26)8(32-16(11)21-5-19)3-31-37(28,38)35-13(18)12(29-2)17(33-18)25-7-24-9-14(20)22-6-23-15(9)25/h5-8,10-13,16-17,26,36H,3-4H2,1-2H3,(H2,19,21)(H,28,38)(H2,20,22,23)/t8-,10-,11-,12-,13+,16-,17-,18-,37+/m1/s1. The molecule has 0 radical (unpaired) electrons. The number of aromatic nitrogens is 4. The molecule has 3 aliphatic rings. The van der Waals surface area contributed by atoms with Crippen LogP contribution in [0.3, 0.4) is 0 Å². The van der Waals surface area contributed by atoms with Crippen LogP contribution in [-0.2, 0) is 41.4 Å². The van der Waals surface area contributed by atoms with Crippen molar-refractivity contribution in [2.75, 3.05) is 26.1 Å². The van der Waals surface area contributed by atoms with E-state index in [-0.39, 0.29) is 12.4 Å². The van der Waals surface area contributed by atoms with Gasteiger partial charge in [0.1, 0.15) is 48.0 Å². The van der Waals surface area contributed by atoms with Gasteiger partial charge in [0.25, 0.3) is 0 Å². The molecule has 3 saturated heterocycles. The van der Waals surface area contributed by atoms with E-state index in [0.717, 1.165) is 6.34 Å². The van der Waals surface area contributed by atoms with E-state index in [1.165, 1.54) is 19.8 Å². The van der Waals surface area contributed by atoms with Crippen LogP contribution in [0.15, 0.2) is 12.7 Å². The molecular formula is C18H27N7O10P2S. The monoisotopic (exact) mass is 595 g/mol. The van der Waals surface area contributed by atoms with Crippen molar-refractivity contribution in [1.29, 1.82) is 5.41 Å². The van der Waals surface area contributed by atoms with Crippen molar-refractivity contribution in [2.45, 2.75) is 55.5 Å². The van der Waals surface area contributed by atoms with Crippen LogP contribution >= 0.6 is 27.3 Å². The third kappa shape index (κ3) is 5.11. The Bertz CT molecular complexity index is 1270. The summed E-state index contributed by atoms with van der Waals surface area (Å²) in [5.41, 5.74) is 5.16. The second-order valence-corrected chi connectivity index (χ2v) is 12.8. The fraction of sp³-hybridized carbons (Fsp3) is 0.667. The van der Waals surface area contributed by atoms with Gasteiger partial charge in [-0.25, -0.2) is 19.5 Å². The molecule has 2 aromatic rings. The maximum Gasteiger partial charge on any atom is 0.386 e. The number of nitrogens with two attached hydrogens (primary N) is 1. The minimum absolute atomic E-state index is 0.160. The van der Waals surface area contributed by atoms with Gasteiger partial charge in [-0.1, -0.05) is 12.2 Å². The predicted molar refractivity (Wildman–Crippen MR) is 133 cm³/mol. The summed E-state index contributed by atoms with van der Waals surface area (Å²) < 4.78 is 67.6. The number of nitrogens with one attached hydrogen (secondary N) is 2. The lowest BCUT2D eigenvalue weighted by atomic mass is 9.98. The minimum Gasteiger partial charge on any atom is -0.387 e. The van der Waals surface area contributed by atoms with Gasteiger partial charge in [0, 0.05) is 7.11 Å². The van der Waals surface area contributed by atoms with Gasteiger partial charge in [-0.15, -0.1) is 0 Å². The van der Waals surface area contributed by atoms with E-state index in [2.05, 4.69) is 32.5 Å². The molecule has 5 N–H and O–H groups in total. The molecule has 2 bridgehead atoms. The molecule has 0 aliphatic carbocycles. The maximum atomic E-state index is 13.3. The van der Waals surface area contributed by atoms with E-state index >= 15 is 0 Å². The van der Waals surface area contributed by atoms with Crippen molar-refractivity contribution in [3.05, 3.63) is 12.7 Å². The molecular weight excluding hydrogens is 568 g/mol.